The van der Waals surface area contributed by atoms with Gasteiger partial charge in [0.1, 0.15) is 5.82 Å². The molecule has 2 N–H and O–H groups in total. The topological polar surface area (TPSA) is 78.8 Å². The van der Waals surface area contributed by atoms with Crippen LogP contribution < -0.4 is 5.73 Å². The fourth-order valence-electron chi connectivity index (χ4n) is 2.02. The van der Waals surface area contributed by atoms with Crippen LogP contribution in [0.25, 0.3) is 11.4 Å². The summed E-state index contributed by atoms with van der Waals surface area (Å²) in [5.41, 5.74) is 7.07. The van der Waals surface area contributed by atoms with Gasteiger partial charge in [0, 0.05) is 25.9 Å². The van der Waals surface area contributed by atoms with Crippen LogP contribution in [-0.2, 0) is 11.3 Å². The molecule has 1 aromatic carbocycles. The first-order valence-corrected chi connectivity index (χ1v) is 6.44. The molecule has 108 valence electrons. The first-order chi connectivity index (χ1) is 9.63. The largest absolute Gasteiger partial charge is 0.399 e. The summed E-state index contributed by atoms with van der Waals surface area (Å²) in [5.74, 6) is 0.0578. The van der Waals surface area contributed by atoms with Gasteiger partial charge in [-0.3, -0.25) is 0 Å². The molecule has 0 atom stereocenters. The molecule has 7 heteroatoms. The minimum atomic E-state index is -0.341. The third kappa shape index (κ3) is 3.11. The van der Waals surface area contributed by atoms with E-state index < -0.39 is 0 Å². The molecular formula is C13H18FN5O. The number of tetrazole rings is 1. The highest BCUT2D eigenvalue weighted by atomic mass is 19.1. The third-order valence-corrected chi connectivity index (χ3v) is 3.02. The number of hydrogen-bond acceptors (Lipinski definition) is 5. The van der Waals surface area contributed by atoms with E-state index in [1.807, 2.05) is 0 Å². The zero-order chi connectivity index (χ0) is 14.5. The molecule has 0 saturated carbocycles. The lowest BCUT2D eigenvalue weighted by Gasteiger charge is -2.08. The second-order valence-corrected chi connectivity index (χ2v) is 4.62. The molecule has 0 aliphatic heterocycles. The van der Waals surface area contributed by atoms with Crippen LogP contribution >= 0.6 is 0 Å². The van der Waals surface area contributed by atoms with Gasteiger partial charge in [0.15, 0.2) is 5.82 Å². The van der Waals surface area contributed by atoms with Crippen molar-refractivity contribution in [2.75, 3.05) is 19.5 Å². The fraction of sp³-hybridized carbons (Fsp3) is 0.462. The standard InChI is InChI=1S/C13H18FN5O/c1-9-7-10(15)8-11(12(9)14)13-16-17-18-19(13)5-3-4-6-20-2/h7-8H,3-6,15H2,1-2H3. The average molecular weight is 279 g/mol. The number of halogens is 1. The van der Waals surface area contributed by atoms with Crippen LogP contribution in [0.3, 0.4) is 0 Å². The van der Waals surface area contributed by atoms with Gasteiger partial charge in [0.2, 0.25) is 0 Å². The number of unbranched alkanes of at least 4 members (excludes halogenated alkanes) is 1. The van der Waals surface area contributed by atoms with Crippen LogP contribution in [0.1, 0.15) is 18.4 Å². The van der Waals surface area contributed by atoms with Gasteiger partial charge in [-0.25, -0.2) is 9.07 Å². The lowest BCUT2D eigenvalue weighted by molar-refractivity contribution is 0.191. The number of nitrogens with two attached hydrogens (primary N) is 1. The number of aryl methyl sites for hydroxylation is 2. The highest BCUT2D eigenvalue weighted by Gasteiger charge is 2.15. The van der Waals surface area contributed by atoms with Crippen LogP contribution in [0.4, 0.5) is 10.1 Å². The van der Waals surface area contributed by atoms with Crippen molar-refractivity contribution in [2.24, 2.45) is 0 Å². The van der Waals surface area contributed by atoms with Crippen molar-refractivity contribution >= 4 is 5.69 Å². The minimum Gasteiger partial charge on any atom is -0.399 e. The van der Waals surface area contributed by atoms with E-state index in [0.29, 0.717) is 35.8 Å². The van der Waals surface area contributed by atoms with Crippen LogP contribution in [-0.4, -0.2) is 33.9 Å². The Morgan fingerprint density at radius 1 is 1.35 bits per heavy atom. The Balaban J connectivity index is 2.23. The van der Waals surface area contributed by atoms with E-state index in [-0.39, 0.29) is 5.82 Å². The molecule has 2 rings (SSSR count). The monoisotopic (exact) mass is 279 g/mol. The smallest absolute Gasteiger partial charge is 0.185 e. The summed E-state index contributed by atoms with van der Waals surface area (Å²) in [7, 11) is 1.66. The number of rotatable bonds is 6. The normalized spacial score (nSPS) is 10.9. The number of nitrogen functional groups attached to an aromatic ring is 1. The average Bonchev–Trinajstić information content (AvgIpc) is 2.87. The quantitative estimate of drug-likeness (QED) is 0.644. The molecule has 1 heterocycles. The van der Waals surface area contributed by atoms with Crippen LogP contribution in [0.2, 0.25) is 0 Å². The second-order valence-electron chi connectivity index (χ2n) is 4.62. The molecule has 0 fully saturated rings. The van der Waals surface area contributed by atoms with Crippen molar-refractivity contribution in [1.29, 1.82) is 0 Å². The van der Waals surface area contributed by atoms with Gasteiger partial charge in [0.25, 0.3) is 0 Å². The molecule has 6 nitrogen and oxygen atoms in total. The van der Waals surface area contributed by atoms with Gasteiger partial charge >= 0.3 is 0 Å². The fourth-order valence-corrected chi connectivity index (χ4v) is 2.02. The first kappa shape index (κ1) is 14.4. The third-order valence-electron chi connectivity index (χ3n) is 3.02. The molecule has 1 aromatic heterocycles. The molecule has 0 radical (unpaired) electrons. The molecular weight excluding hydrogens is 261 g/mol. The van der Waals surface area contributed by atoms with E-state index in [9.17, 15) is 4.39 Å². The Morgan fingerprint density at radius 2 is 2.15 bits per heavy atom. The van der Waals surface area contributed by atoms with Crippen molar-refractivity contribution in [3.8, 4) is 11.4 Å². The van der Waals surface area contributed by atoms with E-state index in [4.69, 9.17) is 10.5 Å². The zero-order valence-corrected chi connectivity index (χ0v) is 11.6. The van der Waals surface area contributed by atoms with E-state index >= 15 is 0 Å². The summed E-state index contributed by atoms with van der Waals surface area (Å²) >= 11 is 0. The number of nitrogens with zero attached hydrogens (tertiary/aromatic N) is 4. The highest BCUT2D eigenvalue weighted by Crippen LogP contribution is 2.25. The minimum absolute atomic E-state index is 0.333. The SMILES string of the molecule is COCCCCn1nnnc1-c1cc(N)cc(C)c1F. The Kier molecular flexibility index (Phi) is 4.62. The lowest BCUT2D eigenvalue weighted by Crippen LogP contribution is -2.06. The van der Waals surface area contributed by atoms with Gasteiger partial charge < -0.3 is 10.5 Å². The van der Waals surface area contributed by atoms with Crippen LogP contribution in [0, 0.1) is 12.7 Å². The Morgan fingerprint density at radius 3 is 2.90 bits per heavy atom. The molecule has 20 heavy (non-hydrogen) atoms. The van der Waals surface area contributed by atoms with Gasteiger partial charge in [-0.1, -0.05) is 0 Å². The van der Waals surface area contributed by atoms with Gasteiger partial charge in [-0.2, -0.15) is 0 Å². The molecule has 0 spiro atoms. The van der Waals surface area contributed by atoms with Crippen molar-refractivity contribution in [3.63, 3.8) is 0 Å². The second kappa shape index (κ2) is 6.42. The van der Waals surface area contributed by atoms with E-state index in [1.165, 1.54) is 0 Å². The summed E-state index contributed by atoms with van der Waals surface area (Å²) in [6.07, 6.45) is 1.75. The zero-order valence-electron chi connectivity index (χ0n) is 11.6. The van der Waals surface area contributed by atoms with Crippen molar-refractivity contribution in [2.45, 2.75) is 26.3 Å². The molecule has 0 aliphatic rings. The van der Waals surface area contributed by atoms with E-state index in [0.717, 1.165) is 12.8 Å². The van der Waals surface area contributed by atoms with Crippen molar-refractivity contribution < 1.29 is 9.13 Å². The highest BCUT2D eigenvalue weighted by molar-refractivity contribution is 5.63. The predicted octanol–water partition coefficient (Wildman–Crippen LogP) is 1.80. The number of hydrogen-bond donors (Lipinski definition) is 1. The number of anilines is 1. The predicted molar refractivity (Wildman–Crippen MR) is 73.5 cm³/mol. The molecule has 0 bridgehead atoms. The number of benzene rings is 1. The summed E-state index contributed by atoms with van der Waals surface area (Å²) in [6.45, 7) is 2.96. The summed E-state index contributed by atoms with van der Waals surface area (Å²) in [5, 5.41) is 11.4. The first-order valence-electron chi connectivity index (χ1n) is 6.44. The van der Waals surface area contributed by atoms with E-state index in [1.54, 1.807) is 30.8 Å². The molecule has 0 saturated heterocycles. The molecule has 0 amide bonds. The van der Waals surface area contributed by atoms with Crippen LogP contribution in [0.15, 0.2) is 12.1 Å². The number of ether oxygens (including phenoxy) is 1. The van der Waals surface area contributed by atoms with Gasteiger partial charge in [0.05, 0.1) is 5.56 Å². The number of aromatic nitrogens is 4. The molecule has 0 unspecified atom stereocenters. The van der Waals surface area contributed by atoms with E-state index in [2.05, 4.69) is 15.5 Å². The maximum atomic E-state index is 14.2. The Bertz CT molecular complexity index is 584. The van der Waals surface area contributed by atoms with Crippen molar-refractivity contribution in [1.82, 2.24) is 20.2 Å². The molecule has 0 aliphatic carbocycles. The Labute approximate surface area is 116 Å². The Hall–Kier alpha value is -2.02. The van der Waals surface area contributed by atoms with Gasteiger partial charge in [-0.05, 0) is 47.9 Å². The maximum Gasteiger partial charge on any atom is 0.185 e. The lowest BCUT2D eigenvalue weighted by atomic mass is 10.1. The molecule has 2 aromatic rings. The maximum absolute atomic E-state index is 14.2. The summed E-state index contributed by atoms with van der Waals surface area (Å²) in [6, 6.07) is 3.14. The van der Waals surface area contributed by atoms with Crippen molar-refractivity contribution in [3.05, 3.63) is 23.5 Å². The number of methoxy groups -OCH3 is 1. The van der Waals surface area contributed by atoms with Crippen LogP contribution in [0.5, 0.6) is 0 Å². The van der Waals surface area contributed by atoms with Gasteiger partial charge in [-0.15, -0.1) is 5.10 Å². The summed E-state index contributed by atoms with van der Waals surface area (Å²) in [4.78, 5) is 0. The summed E-state index contributed by atoms with van der Waals surface area (Å²) < 4.78 is 20.8.